The van der Waals surface area contributed by atoms with Gasteiger partial charge in [0.15, 0.2) is 0 Å². The summed E-state index contributed by atoms with van der Waals surface area (Å²) in [5.41, 5.74) is 1.55. The standard InChI is InChI=1S/C14H16N2O3S/c1-16(10-12-6-8-15-9-7-12)20(18,19)14-4-2-13(11-17)3-5-14/h2-9,17H,10-11H2,1H3. The monoisotopic (exact) mass is 292 g/mol. The predicted molar refractivity (Wildman–Crippen MR) is 75.3 cm³/mol. The fourth-order valence-electron chi connectivity index (χ4n) is 1.78. The van der Waals surface area contributed by atoms with Crippen molar-refractivity contribution in [1.29, 1.82) is 0 Å². The molecule has 0 spiro atoms. The minimum atomic E-state index is -3.53. The molecule has 0 aliphatic rings. The van der Waals surface area contributed by atoms with E-state index in [4.69, 9.17) is 5.11 Å². The van der Waals surface area contributed by atoms with Crippen LogP contribution in [0.3, 0.4) is 0 Å². The lowest BCUT2D eigenvalue weighted by molar-refractivity contribution is 0.281. The van der Waals surface area contributed by atoms with Crippen molar-refractivity contribution < 1.29 is 13.5 Å². The quantitative estimate of drug-likeness (QED) is 0.904. The number of pyridine rings is 1. The van der Waals surface area contributed by atoms with Gasteiger partial charge in [-0.3, -0.25) is 4.98 Å². The highest BCUT2D eigenvalue weighted by Gasteiger charge is 2.20. The van der Waals surface area contributed by atoms with E-state index in [1.54, 1.807) is 36.7 Å². The number of nitrogens with zero attached hydrogens (tertiary/aromatic N) is 2. The zero-order chi connectivity index (χ0) is 14.6. The molecule has 0 fully saturated rings. The van der Waals surface area contributed by atoms with Crippen LogP contribution in [-0.4, -0.2) is 29.9 Å². The van der Waals surface area contributed by atoms with Gasteiger partial charge in [0.05, 0.1) is 11.5 Å². The molecule has 106 valence electrons. The van der Waals surface area contributed by atoms with Crippen LogP contribution in [0, 0.1) is 0 Å². The van der Waals surface area contributed by atoms with Crippen LogP contribution in [0.1, 0.15) is 11.1 Å². The zero-order valence-corrected chi connectivity index (χ0v) is 11.9. The fourth-order valence-corrected chi connectivity index (χ4v) is 2.94. The minimum absolute atomic E-state index is 0.104. The summed E-state index contributed by atoms with van der Waals surface area (Å²) < 4.78 is 26.1. The van der Waals surface area contributed by atoms with E-state index in [1.807, 2.05) is 0 Å². The summed E-state index contributed by atoms with van der Waals surface area (Å²) in [7, 11) is -1.99. The molecule has 2 aromatic rings. The molecule has 0 bridgehead atoms. The van der Waals surface area contributed by atoms with Gasteiger partial charge in [-0.05, 0) is 35.4 Å². The van der Waals surface area contributed by atoms with Crippen molar-refractivity contribution in [1.82, 2.24) is 9.29 Å². The van der Waals surface area contributed by atoms with E-state index in [1.165, 1.54) is 23.5 Å². The molecule has 0 aliphatic carbocycles. The van der Waals surface area contributed by atoms with Crippen molar-refractivity contribution in [2.45, 2.75) is 18.0 Å². The maximum atomic E-state index is 12.4. The Morgan fingerprint density at radius 1 is 1.05 bits per heavy atom. The molecule has 0 amide bonds. The normalized spacial score (nSPS) is 11.8. The number of aliphatic hydroxyl groups excluding tert-OH is 1. The second-order valence-corrected chi connectivity index (χ2v) is 6.46. The average Bonchev–Trinajstić information content (AvgIpc) is 2.48. The van der Waals surface area contributed by atoms with Gasteiger partial charge in [0.25, 0.3) is 0 Å². The summed E-state index contributed by atoms with van der Waals surface area (Å²) in [6.07, 6.45) is 3.26. The number of aromatic nitrogens is 1. The van der Waals surface area contributed by atoms with Crippen LogP contribution in [0.5, 0.6) is 0 Å². The average molecular weight is 292 g/mol. The largest absolute Gasteiger partial charge is 0.392 e. The first-order valence-corrected chi connectivity index (χ1v) is 7.53. The van der Waals surface area contributed by atoms with Crippen LogP contribution in [-0.2, 0) is 23.2 Å². The van der Waals surface area contributed by atoms with Crippen LogP contribution in [0.25, 0.3) is 0 Å². The molecular weight excluding hydrogens is 276 g/mol. The molecule has 20 heavy (non-hydrogen) atoms. The van der Waals surface area contributed by atoms with E-state index in [0.717, 1.165) is 5.56 Å². The zero-order valence-electron chi connectivity index (χ0n) is 11.1. The summed E-state index contributed by atoms with van der Waals surface area (Å²) in [4.78, 5) is 4.11. The van der Waals surface area contributed by atoms with E-state index >= 15 is 0 Å². The first-order chi connectivity index (χ1) is 9.54. The lowest BCUT2D eigenvalue weighted by atomic mass is 10.2. The lowest BCUT2D eigenvalue weighted by Gasteiger charge is -2.17. The van der Waals surface area contributed by atoms with Crippen LogP contribution < -0.4 is 0 Å². The molecular formula is C14H16N2O3S. The molecule has 1 heterocycles. The third kappa shape index (κ3) is 3.22. The third-order valence-electron chi connectivity index (χ3n) is 2.97. The van der Waals surface area contributed by atoms with E-state index in [9.17, 15) is 8.42 Å². The summed E-state index contributed by atoms with van der Waals surface area (Å²) in [6, 6.07) is 9.77. The smallest absolute Gasteiger partial charge is 0.243 e. The molecule has 0 unspecified atom stereocenters. The Bertz CT molecular complexity index is 655. The third-order valence-corrected chi connectivity index (χ3v) is 4.79. The Balaban J connectivity index is 2.20. The van der Waals surface area contributed by atoms with Gasteiger partial charge in [-0.15, -0.1) is 0 Å². The molecule has 0 saturated heterocycles. The molecule has 0 radical (unpaired) electrons. The molecule has 1 aromatic carbocycles. The van der Waals surface area contributed by atoms with Crippen molar-refractivity contribution in [2.75, 3.05) is 7.05 Å². The van der Waals surface area contributed by atoms with Crippen LogP contribution in [0.4, 0.5) is 0 Å². The number of benzene rings is 1. The number of hydrogen-bond donors (Lipinski definition) is 1. The number of aliphatic hydroxyl groups is 1. The molecule has 0 aliphatic heterocycles. The molecule has 0 atom stereocenters. The van der Waals surface area contributed by atoms with Crippen molar-refractivity contribution in [3.63, 3.8) is 0 Å². The molecule has 6 heteroatoms. The van der Waals surface area contributed by atoms with Crippen LogP contribution >= 0.6 is 0 Å². The van der Waals surface area contributed by atoms with Crippen molar-refractivity contribution in [3.8, 4) is 0 Å². The first-order valence-electron chi connectivity index (χ1n) is 6.09. The van der Waals surface area contributed by atoms with E-state index in [2.05, 4.69) is 4.98 Å². The van der Waals surface area contributed by atoms with Gasteiger partial charge >= 0.3 is 0 Å². The second-order valence-electron chi connectivity index (χ2n) is 4.42. The summed E-state index contributed by atoms with van der Waals surface area (Å²) in [5, 5.41) is 8.97. The van der Waals surface area contributed by atoms with Gasteiger partial charge in [-0.25, -0.2) is 8.42 Å². The second kappa shape index (κ2) is 6.13. The van der Waals surface area contributed by atoms with Crippen molar-refractivity contribution >= 4 is 10.0 Å². The summed E-state index contributed by atoms with van der Waals surface area (Å²) in [5.74, 6) is 0. The predicted octanol–water partition coefficient (Wildman–Crippen LogP) is 1.39. The van der Waals surface area contributed by atoms with Crippen LogP contribution in [0.2, 0.25) is 0 Å². The van der Waals surface area contributed by atoms with Crippen molar-refractivity contribution in [2.24, 2.45) is 0 Å². The molecule has 5 nitrogen and oxygen atoms in total. The first kappa shape index (κ1) is 14.6. The summed E-state index contributed by atoms with van der Waals surface area (Å²) >= 11 is 0. The molecule has 2 rings (SSSR count). The van der Waals surface area contributed by atoms with Gasteiger partial charge in [0, 0.05) is 26.0 Å². The highest BCUT2D eigenvalue weighted by molar-refractivity contribution is 7.89. The molecule has 0 saturated carbocycles. The van der Waals surface area contributed by atoms with Crippen molar-refractivity contribution in [3.05, 3.63) is 59.9 Å². The fraction of sp³-hybridized carbons (Fsp3) is 0.214. The summed E-state index contributed by atoms with van der Waals surface area (Å²) in [6.45, 7) is 0.180. The lowest BCUT2D eigenvalue weighted by Crippen LogP contribution is -2.26. The Morgan fingerprint density at radius 3 is 2.20 bits per heavy atom. The van der Waals surface area contributed by atoms with E-state index in [-0.39, 0.29) is 18.0 Å². The molecule has 1 aromatic heterocycles. The van der Waals surface area contributed by atoms with Gasteiger partial charge in [0.1, 0.15) is 0 Å². The topological polar surface area (TPSA) is 70.5 Å². The maximum Gasteiger partial charge on any atom is 0.243 e. The Morgan fingerprint density at radius 2 is 1.65 bits per heavy atom. The molecule has 1 N–H and O–H groups in total. The Labute approximate surface area is 118 Å². The Kier molecular flexibility index (Phi) is 4.49. The van der Waals surface area contributed by atoms with Gasteiger partial charge in [-0.1, -0.05) is 12.1 Å². The van der Waals surface area contributed by atoms with Gasteiger partial charge in [-0.2, -0.15) is 4.31 Å². The highest BCUT2D eigenvalue weighted by Crippen LogP contribution is 2.17. The minimum Gasteiger partial charge on any atom is -0.392 e. The Hall–Kier alpha value is -1.76. The SMILES string of the molecule is CN(Cc1ccncc1)S(=O)(=O)c1ccc(CO)cc1. The van der Waals surface area contributed by atoms with Crippen LogP contribution in [0.15, 0.2) is 53.7 Å². The highest BCUT2D eigenvalue weighted by atomic mass is 32.2. The maximum absolute atomic E-state index is 12.4. The number of rotatable bonds is 5. The number of hydrogen-bond acceptors (Lipinski definition) is 4. The van der Waals surface area contributed by atoms with E-state index in [0.29, 0.717) is 5.56 Å². The number of sulfonamides is 1. The van der Waals surface area contributed by atoms with E-state index < -0.39 is 10.0 Å². The van der Waals surface area contributed by atoms with Gasteiger partial charge < -0.3 is 5.11 Å². The van der Waals surface area contributed by atoms with Gasteiger partial charge in [0.2, 0.25) is 10.0 Å².